The fraction of sp³-hybridized carbons (Fsp3) is 0.286. The third kappa shape index (κ3) is 2.28. The van der Waals surface area contributed by atoms with E-state index in [1.54, 1.807) is 6.92 Å². The smallest absolute Gasteiger partial charge is 0.216 e. The molecule has 2 aromatic rings. The Labute approximate surface area is 109 Å². The van der Waals surface area contributed by atoms with Crippen LogP contribution in [0.4, 0.5) is 8.78 Å². The van der Waals surface area contributed by atoms with Crippen molar-refractivity contribution in [3.05, 3.63) is 52.3 Å². The third-order valence-electron chi connectivity index (χ3n) is 2.95. The average molecular weight is 264 g/mol. The van der Waals surface area contributed by atoms with Crippen molar-refractivity contribution in [2.24, 2.45) is 0 Å². The molecule has 0 spiro atoms. The molecule has 5 heteroatoms. The number of rotatable bonds is 3. The minimum Gasteiger partial charge on any atom is -0.287 e. The SMILES string of the molecule is CCn1nc(C)cc1C(=O)c1c(F)ccc(C)c1F. The summed E-state index contributed by atoms with van der Waals surface area (Å²) in [6.45, 7) is 5.50. The van der Waals surface area contributed by atoms with E-state index in [1.165, 1.54) is 23.7 Å². The summed E-state index contributed by atoms with van der Waals surface area (Å²) < 4.78 is 29.1. The average Bonchev–Trinajstić information content (AvgIpc) is 2.75. The summed E-state index contributed by atoms with van der Waals surface area (Å²) in [5, 5.41) is 4.11. The van der Waals surface area contributed by atoms with Crippen LogP contribution in [0.3, 0.4) is 0 Å². The number of carbonyl (C=O) groups excluding carboxylic acids is 1. The van der Waals surface area contributed by atoms with Crippen molar-refractivity contribution in [1.29, 1.82) is 0 Å². The van der Waals surface area contributed by atoms with Gasteiger partial charge in [0.15, 0.2) is 0 Å². The van der Waals surface area contributed by atoms with E-state index >= 15 is 0 Å². The minimum absolute atomic E-state index is 0.198. The first-order chi connectivity index (χ1) is 8.95. The van der Waals surface area contributed by atoms with Crippen LogP contribution in [0.15, 0.2) is 18.2 Å². The first kappa shape index (κ1) is 13.4. The van der Waals surface area contributed by atoms with Gasteiger partial charge in [0.05, 0.1) is 11.3 Å². The van der Waals surface area contributed by atoms with Gasteiger partial charge >= 0.3 is 0 Å². The maximum atomic E-state index is 14.0. The van der Waals surface area contributed by atoms with E-state index in [-0.39, 0.29) is 11.3 Å². The van der Waals surface area contributed by atoms with Crippen LogP contribution in [0, 0.1) is 25.5 Å². The van der Waals surface area contributed by atoms with E-state index in [0.717, 1.165) is 6.07 Å². The molecule has 0 aliphatic rings. The van der Waals surface area contributed by atoms with Gasteiger partial charge in [0.1, 0.15) is 17.3 Å². The van der Waals surface area contributed by atoms with Crippen LogP contribution in [-0.4, -0.2) is 15.6 Å². The number of nitrogens with zero attached hydrogens (tertiary/aromatic N) is 2. The van der Waals surface area contributed by atoms with Crippen LogP contribution in [0.25, 0.3) is 0 Å². The standard InChI is InChI=1S/C14H14F2N2O/c1-4-18-11(7-9(3)17-18)14(19)12-10(15)6-5-8(2)13(12)16/h5-7H,4H2,1-3H3. The van der Waals surface area contributed by atoms with E-state index in [9.17, 15) is 13.6 Å². The molecule has 1 aromatic heterocycles. The Kier molecular flexibility index (Phi) is 3.46. The Morgan fingerprint density at radius 2 is 2.00 bits per heavy atom. The van der Waals surface area contributed by atoms with Crippen molar-refractivity contribution in [2.75, 3.05) is 0 Å². The van der Waals surface area contributed by atoms with Crippen LogP contribution in [-0.2, 0) is 6.54 Å². The Bertz CT molecular complexity index is 647. The Morgan fingerprint density at radius 1 is 1.32 bits per heavy atom. The molecule has 0 saturated carbocycles. The quantitative estimate of drug-likeness (QED) is 0.799. The highest BCUT2D eigenvalue weighted by atomic mass is 19.1. The number of carbonyl (C=O) groups is 1. The monoisotopic (exact) mass is 264 g/mol. The number of aryl methyl sites for hydroxylation is 3. The molecule has 0 unspecified atom stereocenters. The van der Waals surface area contributed by atoms with Crippen molar-refractivity contribution in [1.82, 2.24) is 9.78 Å². The maximum absolute atomic E-state index is 14.0. The summed E-state index contributed by atoms with van der Waals surface area (Å²) >= 11 is 0. The molecule has 0 bridgehead atoms. The Hall–Kier alpha value is -2.04. The van der Waals surface area contributed by atoms with Crippen LogP contribution in [0.2, 0.25) is 0 Å². The highest BCUT2D eigenvalue weighted by Crippen LogP contribution is 2.20. The number of hydrogen-bond acceptors (Lipinski definition) is 2. The largest absolute Gasteiger partial charge is 0.287 e. The van der Waals surface area contributed by atoms with Gasteiger partial charge in [-0.2, -0.15) is 5.10 Å². The summed E-state index contributed by atoms with van der Waals surface area (Å²) in [6, 6.07) is 3.95. The zero-order valence-corrected chi connectivity index (χ0v) is 11.0. The lowest BCUT2D eigenvalue weighted by Crippen LogP contribution is -2.14. The zero-order chi connectivity index (χ0) is 14.2. The highest BCUT2D eigenvalue weighted by molar-refractivity contribution is 6.08. The molecule has 0 atom stereocenters. The second-order valence-electron chi connectivity index (χ2n) is 4.37. The zero-order valence-electron chi connectivity index (χ0n) is 11.0. The van der Waals surface area contributed by atoms with Crippen LogP contribution >= 0.6 is 0 Å². The number of benzene rings is 1. The van der Waals surface area contributed by atoms with E-state index in [4.69, 9.17) is 0 Å². The van der Waals surface area contributed by atoms with Gasteiger partial charge in [-0.15, -0.1) is 0 Å². The number of aromatic nitrogens is 2. The molecule has 0 amide bonds. The normalized spacial score (nSPS) is 10.8. The van der Waals surface area contributed by atoms with Gasteiger partial charge in [-0.25, -0.2) is 8.78 Å². The topological polar surface area (TPSA) is 34.9 Å². The lowest BCUT2D eigenvalue weighted by Gasteiger charge is -2.07. The predicted molar refractivity (Wildman–Crippen MR) is 67.2 cm³/mol. The Balaban J connectivity index is 2.59. The molecular formula is C14H14F2N2O. The number of halogens is 2. The number of hydrogen-bond donors (Lipinski definition) is 0. The summed E-state index contributed by atoms with van der Waals surface area (Å²) in [4.78, 5) is 12.3. The molecule has 100 valence electrons. The molecular weight excluding hydrogens is 250 g/mol. The van der Waals surface area contributed by atoms with Crippen LogP contribution in [0.1, 0.15) is 34.2 Å². The third-order valence-corrected chi connectivity index (χ3v) is 2.95. The van der Waals surface area contributed by atoms with E-state index in [1.807, 2.05) is 6.92 Å². The molecule has 0 saturated heterocycles. The second-order valence-corrected chi connectivity index (χ2v) is 4.37. The van der Waals surface area contributed by atoms with Crippen molar-refractivity contribution < 1.29 is 13.6 Å². The highest BCUT2D eigenvalue weighted by Gasteiger charge is 2.23. The molecule has 1 heterocycles. The van der Waals surface area contributed by atoms with Crippen molar-refractivity contribution >= 4 is 5.78 Å². The first-order valence-electron chi connectivity index (χ1n) is 5.99. The molecule has 0 aliphatic carbocycles. The molecule has 2 rings (SSSR count). The first-order valence-corrected chi connectivity index (χ1v) is 5.99. The van der Waals surface area contributed by atoms with Crippen molar-refractivity contribution in [3.63, 3.8) is 0 Å². The van der Waals surface area contributed by atoms with E-state index in [0.29, 0.717) is 12.2 Å². The van der Waals surface area contributed by atoms with Crippen LogP contribution < -0.4 is 0 Å². The summed E-state index contributed by atoms with van der Waals surface area (Å²) in [7, 11) is 0. The summed E-state index contributed by atoms with van der Waals surface area (Å²) in [5.74, 6) is -2.35. The van der Waals surface area contributed by atoms with Gasteiger partial charge in [0, 0.05) is 6.54 Å². The van der Waals surface area contributed by atoms with Gasteiger partial charge in [-0.05, 0) is 38.5 Å². The van der Waals surface area contributed by atoms with Crippen molar-refractivity contribution in [2.45, 2.75) is 27.3 Å². The summed E-state index contributed by atoms with van der Waals surface area (Å²) in [5.41, 5.74) is 0.556. The lowest BCUT2D eigenvalue weighted by molar-refractivity contribution is 0.102. The summed E-state index contributed by atoms with van der Waals surface area (Å²) in [6.07, 6.45) is 0. The molecule has 3 nitrogen and oxygen atoms in total. The van der Waals surface area contributed by atoms with Gasteiger partial charge < -0.3 is 0 Å². The fourth-order valence-electron chi connectivity index (χ4n) is 1.96. The lowest BCUT2D eigenvalue weighted by atomic mass is 10.0. The maximum Gasteiger partial charge on any atom is 0.216 e. The molecule has 0 fully saturated rings. The second kappa shape index (κ2) is 4.91. The van der Waals surface area contributed by atoms with Gasteiger partial charge in [0.2, 0.25) is 5.78 Å². The van der Waals surface area contributed by atoms with Gasteiger partial charge in [-0.3, -0.25) is 9.48 Å². The molecule has 19 heavy (non-hydrogen) atoms. The Morgan fingerprint density at radius 3 is 2.63 bits per heavy atom. The van der Waals surface area contributed by atoms with Crippen LogP contribution in [0.5, 0.6) is 0 Å². The van der Waals surface area contributed by atoms with E-state index < -0.39 is 23.0 Å². The molecule has 1 aromatic carbocycles. The van der Waals surface area contributed by atoms with Gasteiger partial charge in [0.25, 0.3) is 0 Å². The number of ketones is 1. The molecule has 0 N–H and O–H groups in total. The van der Waals surface area contributed by atoms with Crippen molar-refractivity contribution in [3.8, 4) is 0 Å². The molecule has 0 aliphatic heterocycles. The minimum atomic E-state index is -0.852. The van der Waals surface area contributed by atoms with Gasteiger partial charge in [-0.1, -0.05) is 6.07 Å². The van der Waals surface area contributed by atoms with E-state index in [2.05, 4.69) is 5.10 Å². The fourth-order valence-corrected chi connectivity index (χ4v) is 1.96. The molecule has 0 radical (unpaired) electrons. The predicted octanol–water partition coefficient (Wildman–Crippen LogP) is 3.03.